The monoisotopic (exact) mass is 156 g/mol. The molecule has 11 heavy (non-hydrogen) atoms. The number of carbonyl (C=O) groups is 1. The molecule has 62 valence electrons. The molecule has 0 aromatic rings. The number of amides is 2. The van der Waals surface area contributed by atoms with E-state index in [1.807, 2.05) is 0 Å². The van der Waals surface area contributed by atoms with Crippen LogP contribution < -0.4 is 5.32 Å². The maximum absolute atomic E-state index is 11.0. The molecule has 2 N–H and O–H groups in total. The average molecular weight is 156 g/mol. The zero-order valence-corrected chi connectivity index (χ0v) is 6.50. The number of hydrogen-bond acceptors (Lipinski definition) is 2. The van der Waals surface area contributed by atoms with Crippen molar-refractivity contribution in [2.75, 3.05) is 7.05 Å². The van der Waals surface area contributed by atoms with Crippen LogP contribution in [-0.4, -0.2) is 34.9 Å². The highest BCUT2D eigenvalue weighted by Gasteiger charge is 2.52. The van der Waals surface area contributed by atoms with Crippen molar-refractivity contribution in [2.24, 2.45) is 0 Å². The Morgan fingerprint density at radius 3 is 3.18 bits per heavy atom. The van der Waals surface area contributed by atoms with Gasteiger partial charge in [-0.1, -0.05) is 0 Å². The summed E-state index contributed by atoms with van der Waals surface area (Å²) in [7, 11) is 1.64. The number of rotatable bonds is 0. The Balaban J connectivity index is 2.30. The van der Waals surface area contributed by atoms with E-state index in [1.165, 1.54) is 4.90 Å². The van der Waals surface area contributed by atoms with Gasteiger partial charge in [-0.3, -0.25) is 4.90 Å². The number of nitrogens with one attached hydrogen (secondary N) is 1. The van der Waals surface area contributed by atoms with Crippen molar-refractivity contribution in [2.45, 2.75) is 31.0 Å². The molecule has 2 aliphatic rings. The second-order valence-electron chi connectivity index (χ2n) is 3.33. The third-order valence-corrected chi connectivity index (χ3v) is 2.78. The highest BCUT2D eigenvalue weighted by Crippen LogP contribution is 2.36. The lowest BCUT2D eigenvalue weighted by Crippen LogP contribution is -2.46. The van der Waals surface area contributed by atoms with Gasteiger partial charge in [-0.15, -0.1) is 0 Å². The van der Waals surface area contributed by atoms with Crippen molar-refractivity contribution in [3.05, 3.63) is 0 Å². The molecule has 2 fully saturated rings. The summed E-state index contributed by atoms with van der Waals surface area (Å²) in [4.78, 5) is 12.5. The summed E-state index contributed by atoms with van der Waals surface area (Å²) in [5.74, 6) is 0. The first kappa shape index (κ1) is 6.91. The largest absolute Gasteiger partial charge is 0.369 e. The second-order valence-corrected chi connectivity index (χ2v) is 3.33. The molecule has 4 nitrogen and oxygen atoms in total. The van der Waals surface area contributed by atoms with Crippen LogP contribution in [-0.2, 0) is 0 Å². The van der Waals surface area contributed by atoms with Gasteiger partial charge in [0.05, 0.1) is 6.04 Å². The van der Waals surface area contributed by atoms with Crippen LogP contribution in [0.3, 0.4) is 0 Å². The Morgan fingerprint density at radius 2 is 2.55 bits per heavy atom. The molecule has 1 aliphatic heterocycles. The molecule has 1 heterocycles. The summed E-state index contributed by atoms with van der Waals surface area (Å²) in [5.41, 5.74) is -0.892. The average Bonchev–Trinajstić information content (AvgIpc) is 2.39. The topological polar surface area (TPSA) is 52.6 Å². The number of hydrogen-bond donors (Lipinski definition) is 2. The number of aliphatic hydroxyl groups is 1. The summed E-state index contributed by atoms with van der Waals surface area (Å²) in [6, 6.07) is -0.197. The van der Waals surface area contributed by atoms with Crippen LogP contribution in [0, 0.1) is 0 Å². The SMILES string of the molecule is CN1C(=O)N[C@H]2CCC[C@]21O. The van der Waals surface area contributed by atoms with Crippen molar-refractivity contribution in [1.82, 2.24) is 10.2 Å². The van der Waals surface area contributed by atoms with E-state index in [1.54, 1.807) is 7.05 Å². The predicted octanol–water partition coefficient (Wildman–Crippen LogP) is -0.118. The van der Waals surface area contributed by atoms with Crippen LogP contribution >= 0.6 is 0 Å². The smallest absolute Gasteiger partial charge is 0.319 e. The maximum atomic E-state index is 11.0. The number of urea groups is 1. The summed E-state index contributed by atoms with van der Waals surface area (Å²) in [6.07, 6.45) is 2.59. The number of fused-ring (bicyclic) bond motifs is 1. The lowest BCUT2D eigenvalue weighted by molar-refractivity contribution is -0.0525. The Kier molecular flexibility index (Phi) is 1.18. The first-order chi connectivity index (χ1) is 5.14. The van der Waals surface area contributed by atoms with Crippen LogP contribution in [0.15, 0.2) is 0 Å². The summed E-state index contributed by atoms with van der Waals surface area (Å²) in [5, 5.41) is 12.7. The number of likely N-dealkylation sites (N-methyl/N-ethyl adjacent to an activating group) is 1. The van der Waals surface area contributed by atoms with Crippen molar-refractivity contribution >= 4 is 6.03 Å². The van der Waals surface area contributed by atoms with Gasteiger partial charge in [-0.2, -0.15) is 0 Å². The van der Waals surface area contributed by atoms with Crippen LogP contribution in [0.25, 0.3) is 0 Å². The van der Waals surface area contributed by atoms with E-state index in [2.05, 4.69) is 5.32 Å². The fraction of sp³-hybridized carbons (Fsp3) is 0.857. The molecule has 0 bridgehead atoms. The van der Waals surface area contributed by atoms with Crippen molar-refractivity contribution in [1.29, 1.82) is 0 Å². The third kappa shape index (κ3) is 0.701. The van der Waals surface area contributed by atoms with E-state index in [0.29, 0.717) is 6.42 Å². The van der Waals surface area contributed by atoms with Gasteiger partial charge in [0.25, 0.3) is 0 Å². The molecule has 1 saturated heterocycles. The highest BCUT2D eigenvalue weighted by atomic mass is 16.3. The molecule has 0 spiro atoms. The predicted molar refractivity (Wildman–Crippen MR) is 38.9 cm³/mol. The first-order valence-electron chi connectivity index (χ1n) is 3.91. The van der Waals surface area contributed by atoms with E-state index >= 15 is 0 Å². The van der Waals surface area contributed by atoms with Crippen molar-refractivity contribution in [3.8, 4) is 0 Å². The molecule has 0 aromatic heterocycles. The van der Waals surface area contributed by atoms with Gasteiger partial charge >= 0.3 is 6.03 Å². The minimum absolute atomic E-state index is 0.0417. The molecule has 0 radical (unpaired) electrons. The Labute approximate surface area is 65.2 Å². The fourth-order valence-electron chi connectivity index (χ4n) is 1.98. The molecule has 2 atom stereocenters. The van der Waals surface area contributed by atoms with E-state index in [0.717, 1.165) is 12.8 Å². The van der Waals surface area contributed by atoms with Gasteiger partial charge in [-0.05, 0) is 19.3 Å². The van der Waals surface area contributed by atoms with Crippen LogP contribution in [0.4, 0.5) is 4.79 Å². The summed E-state index contributed by atoms with van der Waals surface area (Å²) in [6.45, 7) is 0. The Bertz CT molecular complexity index is 207. The standard InChI is InChI=1S/C7H12N2O2/c1-9-6(10)8-5-3-2-4-7(5,9)11/h5,11H,2-4H2,1H3,(H,8,10)/t5-,7-/m0/s1. The van der Waals surface area contributed by atoms with Gasteiger partial charge in [0.15, 0.2) is 5.72 Å². The molecule has 1 saturated carbocycles. The highest BCUT2D eigenvalue weighted by molar-refractivity contribution is 5.78. The van der Waals surface area contributed by atoms with E-state index < -0.39 is 5.72 Å². The Hall–Kier alpha value is -0.770. The quantitative estimate of drug-likeness (QED) is 0.514. The zero-order chi connectivity index (χ0) is 8.06. The lowest BCUT2D eigenvalue weighted by atomic mass is 10.1. The minimum Gasteiger partial charge on any atom is -0.369 e. The summed E-state index contributed by atoms with van der Waals surface area (Å²) < 4.78 is 0. The lowest BCUT2D eigenvalue weighted by Gasteiger charge is -2.27. The molecule has 0 unspecified atom stereocenters. The van der Waals surface area contributed by atoms with Gasteiger partial charge in [0, 0.05) is 7.05 Å². The van der Waals surface area contributed by atoms with Gasteiger partial charge in [0.1, 0.15) is 0 Å². The molecule has 2 amide bonds. The van der Waals surface area contributed by atoms with Gasteiger partial charge in [0.2, 0.25) is 0 Å². The van der Waals surface area contributed by atoms with Crippen LogP contribution in [0.1, 0.15) is 19.3 Å². The van der Waals surface area contributed by atoms with Crippen molar-refractivity contribution in [3.63, 3.8) is 0 Å². The summed E-state index contributed by atoms with van der Waals surface area (Å²) >= 11 is 0. The molecule has 0 aromatic carbocycles. The molecule has 2 rings (SSSR count). The Morgan fingerprint density at radius 1 is 1.82 bits per heavy atom. The fourth-order valence-corrected chi connectivity index (χ4v) is 1.98. The second kappa shape index (κ2) is 1.88. The first-order valence-corrected chi connectivity index (χ1v) is 3.91. The van der Waals surface area contributed by atoms with Gasteiger partial charge in [-0.25, -0.2) is 4.79 Å². The molecule has 1 aliphatic carbocycles. The molecular weight excluding hydrogens is 144 g/mol. The zero-order valence-electron chi connectivity index (χ0n) is 6.50. The number of nitrogens with zero attached hydrogens (tertiary/aromatic N) is 1. The normalized spacial score (nSPS) is 42.5. The van der Waals surface area contributed by atoms with Crippen LogP contribution in [0.5, 0.6) is 0 Å². The minimum atomic E-state index is -0.892. The van der Waals surface area contributed by atoms with Gasteiger partial charge < -0.3 is 10.4 Å². The molecular formula is C7H12N2O2. The number of carbonyl (C=O) groups excluding carboxylic acids is 1. The van der Waals surface area contributed by atoms with E-state index in [4.69, 9.17) is 0 Å². The van der Waals surface area contributed by atoms with Crippen molar-refractivity contribution < 1.29 is 9.90 Å². The molecule has 4 heteroatoms. The van der Waals surface area contributed by atoms with E-state index in [-0.39, 0.29) is 12.1 Å². The third-order valence-electron chi connectivity index (χ3n) is 2.78. The maximum Gasteiger partial charge on any atom is 0.319 e. The van der Waals surface area contributed by atoms with E-state index in [9.17, 15) is 9.90 Å². The van der Waals surface area contributed by atoms with Crippen LogP contribution in [0.2, 0.25) is 0 Å².